The molecule has 0 fully saturated rings. The minimum Gasteiger partial charge on any atom is -0.340 e. The van der Waals surface area contributed by atoms with Crippen molar-refractivity contribution in [2.45, 2.75) is 6.92 Å². The van der Waals surface area contributed by atoms with Gasteiger partial charge in [0.2, 0.25) is 0 Å². The molecule has 3 rings (SSSR count). The molecule has 3 aromatic rings. The van der Waals surface area contributed by atoms with Gasteiger partial charge >= 0.3 is 0 Å². The van der Waals surface area contributed by atoms with E-state index in [2.05, 4.69) is 51.1 Å². The monoisotopic (exact) mass is 323 g/mol. The quantitative estimate of drug-likeness (QED) is 0.596. The zero-order valence-electron chi connectivity index (χ0n) is 9.03. The lowest BCUT2D eigenvalue weighted by molar-refractivity contribution is 1.00. The summed E-state index contributed by atoms with van der Waals surface area (Å²) in [7, 11) is 2.07. The van der Waals surface area contributed by atoms with Crippen LogP contribution >= 0.6 is 22.6 Å². The zero-order valence-corrected chi connectivity index (χ0v) is 11.2. The summed E-state index contributed by atoms with van der Waals surface area (Å²) < 4.78 is 3.39. The van der Waals surface area contributed by atoms with Gasteiger partial charge in [-0.2, -0.15) is 0 Å². The molecule has 0 N–H and O–H groups in total. The van der Waals surface area contributed by atoms with Gasteiger partial charge in [0.1, 0.15) is 11.0 Å². The van der Waals surface area contributed by atoms with Gasteiger partial charge < -0.3 is 4.57 Å². The van der Waals surface area contributed by atoms with Crippen LogP contribution in [0, 0.1) is 10.5 Å². The number of rotatable bonds is 0. The van der Waals surface area contributed by atoms with Crippen molar-refractivity contribution in [3.63, 3.8) is 0 Å². The van der Waals surface area contributed by atoms with Crippen LogP contribution in [0.3, 0.4) is 0 Å². The van der Waals surface area contributed by atoms with Crippen molar-refractivity contribution in [3.05, 3.63) is 33.7 Å². The fourth-order valence-corrected chi connectivity index (χ4v) is 2.96. The molecule has 0 aliphatic carbocycles. The van der Waals surface area contributed by atoms with E-state index in [0.717, 1.165) is 11.0 Å². The highest BCUT2D eigenvalue weighted by Crippen LogP contribution is 2.29. The molecule has 0 atom stereocenters. The first-order valence-electron chi connectivity index (χ1n) is 5.04. The molecule has 0 saturated carbocycles. The standard InChI is InChI=1S/C12H10IN3/c1-7-3-5-14-9-10-12(16(2)11(7)9)8(13)4-6-15-10/h3-6H,1-2H3. The maximum Gasteiger partial charge on any atom is 0.115 e. The fraction of sp³-hybridized carbons (Fsp3) is 0.167. The number of aryl methyl sites for hydroxylation is 2. The van der Waals surface area contributed by atoms with Gasteiger partial charge in [-0.3, -0.25) is 9.97 Å². The lowest BCUT2D eigenvalue weighted by Crippen LogP contribution is -1.91. The normalized spacial score (nSPS) is 11.4. The molecule has 3 nitrogen and oxygen atoms in total. The Kier molecular flexibility index (Phi) is 2.14. The summed E-state index contributed by atoms with van der Waals surface area (Å²) in [5.74, 6) is 0. The summed E-state index contributed by atoms with van der Waals surface area (Å²) >= 11 is 2.34. The van der Waals surface area contributed by atoms with Crippen molar-refractivity contribution < 1.29 is 0 Å². The molecule has 0 amide bonds. The third kappa shape index (κ3) is 1.19. The fourth-order valence-electron chi connectivity index (χ4n) is 2.18. The lowest BCUT2D eigenvalue weighted by Gasteiger charge is -2.00. The molecule has 0 aliphatic rings. The SMILES string of the molecule is Cc1ccnc2c3nccc(I)c3n(C)c12. The Balaban J connectivity index is 2.70. The second-order valence-electron chi connectivity index (χ2n) is 3.87. The summed E-state index contributed by atoms with van der Waals surface area (Å²) in [6.45, 7) is 2.11. The van der Waals surface area contributed by atoms with E-state index in [1.165, 1.54) is 20.2 Å². The summed E-state index contributed by atoms with van der Waals surface area (Å²) in [4.78, 5) is 8.89. The van der Waals surface area contributed by atoms with E-state index in [0.29, 0.717) is 0 Å². The van der Waals surface area contributed by atoms with Gasteiger partial charge in [0, 0.05) is 23.0 Å². The number of pyridine rings is 2. The maximum atomic E-state index is 4.45. The summed E-state index contributed by atoms with van der Waals surface area (Å²) in [5, 5.41) is 0. The number of hydrogen-bond acceptors (Lipinski definition) is 2. The molecule has 0 aliphatic heterocycles. The highest BCUT2D eigenvalue weighted by molar-refractivity contribution is 14.1. The molecule has 16 heavy (non-hydrogen) atoms. The van der Waals surface area contributed by atoms with E-state index < -0.39 is 0 Å². The van der Waals surface area contributed by atoms with Crippen LogP contribution < -0.4 is 0 Å². The van der Waals surface area contributed by atoms with Gasteiger partial charge in [-0.15, -0.1) is 0 Å². The molecule has 80 valence electrons. The maximum absolute atomic E-state index is 4.45. The predicted molar refractivity (Wildman–Crippen MR) is 73.5 cm³/mol. The van der Waals surface area contributed by atoms with Crippen LogP contribution in [0.25, 0.3) is 22.1 Å². The number of nitrogens with zero attached hydrogens (tertiary/aromatic N) is 3. The van der Waals surface area contributed by atoms with E-state index in [-0.39, 0.29) is 0 Å². The molecule has 3 heterocycles. The Morgan fingerprint density at radius 3 is 2.44 bits per heavy atom. The lowest BCUT2D eigenvalue weighted by atomic mass is 10.2. The Labute approximate surface area is 107 Å². The van der Waals surface area contributed by atoms with Crippen LogP contribution in [0.1, 0.15) is 5.56 Å². The van der Waals surface area contributed by atoms with Crippen molar-refractivity contribution in [1.29, 1.82) is 0 Å². The highest BCUT2D eigenvalue weighted by Gasteiger charge is 2.13. The first kappa shape index (κ1) is 10.0. The van der Waals surface area contributed by atoms with Gasteiger partial charge in [0.25, 0.3) is 0 Å². The van der Waals surface area contributed by atoms with Crippen molar-refractivity contribution in [2.24, 2.45) is 7.05 Å². The molecular weight excluding hydrogens is 313 g/mol. The van der Waals surface area contributed by atoms with Gasteiger partial charge in [0.05, 0.1) is 11.0 Å². The largest absolute Gasteiger partial charge is 0.340 e. The first-order valence-corrected chi connectivity index (χ1v) is 6.12. The average Bonchev–Trinajstić information content (AvgIpc) is 2.56. The van der Waals surface area contributed by atoms with Gasteiger partial charge in [-0.1, -0.05) is 0 Å². The van der Waals surface area contributed by atoms with Crippen LogP contribution in [0.5, 0.6) is 0 Å². The molecule has 0 bridgehead atoms. The van der Waals surface area contributed by atoms with Crippen molar-refractivity contribution >= 4 is 44.7 Å². The first-order chi connectivity index (χ1) is 7.70. The van der Waals surface area contributed by atoms with E-state index in [4.69, 9.17) is 0 Å². The number of halogens is 1. The van der Waals surface area contributed by atoms with E-state index >= 15 is 0 Å². The van der Waals surface area contributed by atoms with E-state index in [1.807, 2.05) is 24.5 Å². The molecule has 4 heteroatoms. The van der Waals surface area contributed by atoms with Crippen molar-refractivity contribution in [1.82, 2.24) is 14.5 Å². The smallest absolute Gasteiger partial charge is 0.115 e. The van der Waals surface area contributed by atoms with Crippen LogP contribution in [0.2, 0.25) is 0 Å². The van der Waals surface area contributed by atoms with E-state index in [9.17, 15) is 0 Å². The topological polar surface area (TPSA) is 30.7 Å². The average molecular weight is 323 g/mol. The zero-order chi connectivity index (χ0) is 11.3. The molecule has 0 unspecified atom stereocenters. The molecule has 0 spiro atoms. The Morgan fingerprint density at radius 2 is 1.69 bits per heavy atom. The second kappa shape index (κ2) is 3.41. The summed E-state index contributed by atoms with van der Waals surface area (Å²) in [6, 6.07) is 4.06. The Hall–Kier alpha value is -1.17. The Bertz CT molecular complexity index is 641. The molecule has 0 aromatic carbocycles. The van der Waals surface area contributed by atoms with Crippen LogP contribution in [0.4, 0.5) is 0 Å². The summed E-state index contributed by atoms with van der Waals surface area (Å²) in [6.07, 6.45) is 3.69. The van der Waals surface area contributed by atoms with Crippen LogP contribution in [0.15, 0.2) is 24.5 Å². The third-order valence-corrected chi connectivity index (χ3v) is 3.77. The van der Waals surface area contributed by atoms with Gasteiger partial charge in [-0.25, -0.2) is 0 Å². The third-order valence-electron chi connectivity index (χ3n) is 2.90. The highest BCUT2D eigenvalue weighted by atomic mass is 127. The molecule has 3 aromatic heterocycles. The number of fused-ring (bicyclic) bond motifs is 3. The van der Waals surface area contributed by atoms with Crippen molar-refractivity contribution in [3.8, 4) is 0 Å². The summed E-state index contributed by atoms with van der Waals surface area (Å²) in [5.41, 5.74) is 5.57. The van der Waals surface area contributed by atoms with Crippen molar-refractivity contribution in [2.75, 3.05) is 0 Å². The predicted octanol–water partition coefficient (Wildman–Crippen LogP) is 3.03. The molecule has 0 radical (unpaired) electrons. The minimum absolute atomic E-state index is 0.994. The second-order valence-corrected chi connectivity index (χ2v) is 5.04. The van der Waals surface area contributed by atoms with Gasteiger partial charge in [-0.05, 0) is 47.2 Å². The number of aromatic nitrogens is 3. The van der Waals surface area contributed by atoms with E-state index in [1.54, 1.807) is 0 Å². The van der Waals surface area contributed by atoms with Crippen LogP contribution in [-0.2, 0) is 7.05 Å². The molecule has 0 saturated heterocycles. The molecular formula is C12H10IN3. The van der Waals surface area contributed by atoms with Gasteiger partial charge in [0.15, 0.2) is 0 Å². The Morgan fingerprint density at radius 1 is 1.06 bits per heavy atom. The number of hydrogen-bond donors (Lipinski definition) is 0. The van der Waals surface area contributed by atoms with Crippen LogP contribution in [-0.4, -0.2) is 14.5 Å². The minimum atomic E-state index is 0.994.